The van der Waals surface area contributed by atoms with E-state index in [2.05, 4.69) is 22.2 Å². The molecule has 2 fully saturated rings. The van der Waals surface area contributed by atoms with Gasteiger partial charge >= 0.3 is 0 Å². The smallest absolute Gasteiger partial charge is 0.232 e. The van der Waals surface area contributed by atoms with Crippen LogP contribution in [0, 0.1) is 5.92 Å². The van der Waals surface area contributed by atoms with Crippen molar-refractivity contribution in [3.63, 3.8) is 0 Å². The molecule has 8 heteroatoms. The van der Waals surface area contributed by atoms with Crippen molar-refractivity contribution in [1.82, 2.24) is 10.2 Å². The Morgan fingerprint density at radius 3 is 2.31 bits per heavy atom. The second-order valence-electron chi connectivity index (χ2n) is 7.21. The summed E-state index contributed by atoms with van der Waals surface area (Å²) in [7, 11) is -1.29. The zero-order chi connectivity index (χ0) is 18.7. The van der Waals surface area contributed by atoms with Gasteiger partial charge in [-0.3, -0.25) is 9.10 Å². The average molecular weight is 381 g/mol. The Labute approximate surface area is 156 Å². The van der Waals surface area contributed by atoms with Crippen molar-refractivity contribution in [2.45, 2.75) is 12.8 Å². The Morgan fingerprint density at radius 2 is 1.77 bits per heavy atom. The van der Waals surface area contributed by atoms with Gasteiger partial charge in [0, 0.05) is 44.3 Å². The van der Waals surface area contributed by atoms with Crippen molar-refractivity contribution in [2.24, 2.45) is 5.92 Å². The number of piperazine rings is 1. The highest BCUT2D eigenvalue weighted by atomic mass is 32.2. The predicted molar refractivity (Wildman–Crippen MR) is 104 cm³/mol. The number of sulfonamides is 1. The van der Waals surface area contributed by atoms with Gasteiger partial charge in [-0.1, -0.05) is 0 Å². The minimum absolute atomic E-state index is 0.0314. The normalized spacial score (nSPS) is 18.6. The summed E-state index contributed by atoms with van der Waals surface area (Å²) in [5.41, 5.74) is 1.74. The molecule has 1 saturated carbocycles. The molecule has 144 valence electrons. The van der Waals surface area contributed by atoms with Gasteiger partial charge in [0.2, 0.25) is 15.9 Å². The maximum absolute atomic E-state index is 12.2. The van der Waals surface area contributed by atoms with Crippen LogP contribution in [-0.4, -0.2) is 71.8 Å². The molecule has 7 nitrogen and oxygen atoms in total. The van der Waals surface area contributed by atoms with Crippen LogP contribution in [0.3, 0.4) is 0 Å². The summed E-state index contributed by atoms with van der Waals surface area (Å²) in [6.07, 6.45) is 3.08. The molecule has 0 spiro atoms. The van der Waals surface area contributed by atoms with E-state index in [9.17, 15) is 13.2 Å². The third-order valence-electron chi connectivity index (χ3n) is 4.97. The van der Waals surface area contributed by atoms with E-state index in [1.54, 1.807) is 0 Å². The number of carbonyl (C=O) groups excluding carboxylic acids is 1. The molecule has 1 N–H and O–H groups in total. The lowest BCUT2D eigenvalue weighted by atomic mass is 10.2. The van der Waals surface area contributed by atoms with Crippen molar-refractivity contribution >= 4 is 27.3 Å². The van der Waals surface area contributed by atoms with Crippen molar-refractivity contribution in [2.75, 3.05) is 61.8 Å². The summed E-state index contributed by atoms with van der Waals surface area (Å²) in [6, 6.07) is 7.64. The topological polar surface area (TPSA) is 73.0 Å². The third kappa shape index (κ3) is 4.88. The van der Waals surface area contributed by atoms with E-state index in [-0.39, 0.29) is 18.4 Å². The molecule has 0 unspecified atom stereocenters. The minimum atomic E-state index is -3.40. The Bertz CT molecular complexity index is 723. The number of hydrogen-bond acceptors (Lipinski definition) is 5. The second-order valence-corrected chi connectivity index (χ2v) is 9.11. The number of rotatable bonds is 7. The first-order valence-electron chi connectivity index (χ1n) is 9.13. The summed E-state index contributed by atoms with van der Waals surface area (Å²) in [5, 5.41) is 2.83. The third-order valence-corrected chi connectivity index (χ3v) is 6.16. The van der Waals surface area contributed by atoms with Crippen LogP contribution in [0.2, 0.25) is 0 Å². The lowest BCUT2D eigenvalue weighted by Crippen LogP contribution is -2.44. The van der Waals surface area contributed by atoms with Gasteiger partial charge in [0.1, 0.15) is 0 Å². The first kappa shape index (κ1) is 19.0. The van der Waals surface area contributed by atoms with Gasteiger partial charge in [-0.25, -0.2) is 8.42 Å². The van der Waals surface area contributed by atoms with Gasteiger partial charge in [-0.05, 0) is 44.2 Å². The van der Waals surface area contributed by atoms with E-state index < -0.39 is 10.0 Å². The van der Waals surface area contributed by atoms with E-state index in [1.165, 1.54) is 10.6 Å². The Kier molecular flexibility index (Phi) is 5.72. The molecule has 26 heavy (non-hydrogen) atoms. The highest BCUT2D eigenvalue weighted by molar-refractivity contribution is 7.92. The van der Waals surface area contributed by atoms with Gasteiger partial charge in [-0.2, -0.15) is 0 Å². The molecule has 0 aromatic heterocycles. The van der Waals surface area contributed by atoms with Crippen LogP contribution in [0.5, 0.6) is 0 Å². The summed E-state index contributed by atoms with van der Waals surface area (Å²) >= 11 is 0. The van der Waals surface area contributed by atoms with Crippen LogP contribution in [0.15, 0.2) is 24.3 Å². The molecule has 1 aliphatic carbocycles. The number of likely N-dealkylation sites (N-methyl/N-ethyl adjacent to an activating group) is 1. The van der Waals surface area contributed by atoms with Crippen molar-refractivity contribution in [3.05, 3.63) is 24.3 Å². The summed E-state index contributed by atoms with van der Waals surface area (Å²) in [5.74, 6) is 0.161. The van der Waals surface area contributed by atoms with Crippen LogP contribution in [0.25, 0.3) is 0 Å². The standard InChI is InChI=1S/C18H28N4O3S/c1-20-11-13-21(14-12-20)16-5-7-17(8-6-16)22(26(2,24)25)10-9-19-18(23)15-3-4-15/h5-8,15H,3-4,9-14H2,1-2H3,(H,19,23). The fraction of sp³-hybridized carbons (Fsp3) is 0.611. The SMILES string of the molecule is CN1CCN(c2ccc(N(CCNC(=O)C3CC3)S(C)(=O)=O)cc2)CC1. The Hall–Kier alpha value is -1.80. The Morgan fingerprint density at radius 1 is 1.15 bits per heavy atom. The van der Waals surface area contributed by atoms with Crippen LogP contribution >= 0.6 is 0 Å². The number of amides is 1. The molecule has 1 aromatic carbocycles. The number of nitrogens with zero attached hydrogens (tertiary/aromatic N) is 3. The zero-order valence-corrected chi connectivity index (χ0v) is 16.3. The van der Waals surface area contributed by atoms with Gasteiger partial charge in [-0.15, -0.1) is 0 Å². The van der Waals surface area contributed by atoms with Gasteiger partial charge < -0.3 is 15.1 Å². The van der Waals surface area contributed by atoms with Crippen LogP contribution in [-0.2, 0) is 14.8 Å². The van der Waals surface area contributed by atoms with E-state index >= 15 is 0 Å². The van der Waals surface area contributed by atoms with Crippen LogP contribution in [0.1, 0.15) is 12.8 Å². The molecule has 0 atom stereocenters. The largest absolute Gasteiger partial charge is 0.369 e. The molecule has 1 amide bonds. The second kappa shape index (κ2) is 7.84. The lowest BCUT2D eigenvalue weighted by molar-refractivity contribution is -0.122. The molecule has 1 aromatic rings. The molecule has 2 aliphatic rings. The Balaban J connectivity index is 1.63. The first-order valence-corrected chi connectivity index (χ1v) is 11.0. The van der Waals surface area contributed by atoms with Crippen molar-refractivity contribution in [3.8, 4) is 0 Å². The molecule has 0 bridgehead atoms. The summed E-state index contributed by atoms with van der Waals surface area (Å²) in [6.45, 7) is 4.56. The maximum Gasteiger partial charge on any atom is 0.232 e. The molecule has 1 saturated heterocycles. The van der Waals surface area contributed by atoms with Gasteiger partial charge in [0.05, 0.1) is 18.5 Å². The fourth-order valence-corrected chi connectivity index (χ4v) is 4.08. The van der Waals surface area contributed by atoms with Crippen LogP contribution in [0.4, 0.5) is 11.4 Å². The van der Waals surface area contributed by atoms with Crippen LogP contribution < -0.4 is 14.5 Å². The summed E-state index contributed by atoms with van der Waals surface area (Å²) < 4.78 is 25.7. The maximum atomic E-state index is 12.2. The number of carbonyl (C=O) groups is 1. The number of benzene rings is 1. The first-order chi connectivity index (χ1) is 12.3. The molecular weight excluding hydrogens is 352 g/mol. The molecule has 0 radical (unpaired) electrons. The molecular formula is C18H28N4O3S. The minimum Gasteiger partial charge on any atom is -0.369 e. The number of nitrogens with one attached hydrogen (secondary N) is 1. The van der Waals surface area contributed by atoms with Crippen molar-refractivity contribution < 1.29 is 13.2 Å². The monoisotopic (exact) mass is 380 g/mol. The quantitative estimate of drug-likeness (QED) is 0.755. The number of anilines is 2. The highest BCUT2D eigenvalue weighted by Gasteiger charge is 2.29. The van der Waals surface area contributed by atoms with E-state index in [4.69, 9.17) is 0 Å². The highest BCUT2D eigenvalue weighted by Crippen LogP contribution is 2.28. The zero-order valence-electron chi connectivity index (χ0n) is 15.5. The van der Waals surface area contributed by atoms with Gasteiger partial charge in [0.25, 0.3) is 0 Å². The number of hydrogen-bond donors (Lipinski definition) is 1. The fourth-order valence-electron chi connectivity index (χ4n) is 3.15. The van der Waals surface area contributed by atoms with E-state index in [0.717, 1.165) is 44.7 Å². The van der Waals surface area contributed by atoms with Crippen molar-refractivity contribution in [1.29, 1.82) is 0 Å². The molecule has 1 aliphatic heterocycles. The average Bonchev–Trinajstić information content (AvgIpc) is 3.44. The van der Waals surface area contributed by atoms with E-state index in [1.807, 2.05) is 24.3 Å². The predicted octanol–water partition coefficient (Wildman–Crippen LogP) is 0.731. The molecule has 3 rings (SSSR count). The molecule has 1 heterocycles. The lowest BCUT2D eigenvalue weighted by Gasteiger charge is -2.34. The van der Waals surface area contributed by atoms with E-state index in [0.29, 0.717) is 12.2 Å². The van der Waals surface area contributed by atoms with Gasteiger partial charge in [0.15, 0.2) is 0 Å². The summed E-state index contributed by atoms with van der Waals surface area (Å²) in [4.78, 5) is 16.3.